The Morgan fingerprint density at radius 2 is 1.97 bits per heavy atom. The molecule has 194 valence electrons. The number of aromatic nitrogens is 3. The molecule has 1 saturated heterocycles. The molecule has 1 N–H and O–H groups in total. The van der Waals surface area contributed by atoms with E-state index in [0.717, 1.165) is 6.42 Å². The van der Waals surface area contributed by atoms with Crippen LogP contribution in [0.5, 0.6) is 5.75 Å². The highest BCUT2D eigenvalue weighted by Gasteiger charge is 2.29. The molecule has 3 aromatic rings. The fraction of sp³-hybridized carbons (Fsp3) is 0.370. The second kappa shape index (κ2) is 12.2. The number of piperidine rings is 1. The molecule has 0 radical (unpaired) electrons. The molecule has 37 heavy (non-hydrogen) atoms. The largest absolute Gasteiger partial charge is 0.489 e. The molecule has 0 saturated carbocycles. The molecule has 1 amide bonds. The topological polar surface area (TPSA) is 114 Å². The van der Waals surface area contributed by atoms with Crippen molar-refractivity contribution in [2.75, 3.05) is 19.7 Å². The molecule has 4 rings (SSSR count). The lowest BCUT2D eigenvalue weighted by molar-refractivity contribution is -0.151. The maximum absolute atomic E-state index is 13.3. The van der Waals surface area contributed by atoms with E-state index in [2.05, 4.69) is 15.2 Å². The number of benzene rings is 2. The van der Waals surface area contributed by atoms with E-state index in [1.54, 1.807) is 48.2 Å². The van der Waals surface area contributed by atoms with Crippen molar-refractivity contribution < 1.29 is 23.5 Å². The van der Waals surface area contributed by atoms with Crippen LogP contribution in [0.3, 0.4) is 0 Å². The number of rotatable bonds is 9. The molecule has 1 aliphatic rings. The second-order valence-electron chi connectivity index (χ2n) is 8.82. The van der Waals surface area contributed by atoms with E-state index >= 15 is 0 Å². The van der Waals surface area contributed by atoms with E-state index < -0.39 is 5.56 Å². The van der Waals surface area contributed by atoms with E-state index in [-0.39, 0.29) is 48.8 Å². The Bertz CT molecular complexity index is 1290. The minimum Gasteiger partial charge on any atom is -0.489 e. The highest BCUT2D eigenvalue weighted by atomic mass is 19.1. The number of aromatic amines is 1. The van der Waals surface area contributed by atoms with Gasteiger partial charge in [0.2, 0.25) is 5.91 Å². The number of halogens is 1. The fourth-order valence-electron chi connectivity index (χ4n) is 4.20. The average Bonchev–Trinajstić information content (AvgIpc) is 2.91. The third-order valence-electron chi connectivity index (χ3n) is 6.16. The number of amides is 1. The van der Waals surface area contributed by atoms with Gasteiger partial charge >= 0.3 is 5.97 Å². The van der Waals surface area contributed by atoms with Crippen LogP contribution in [0.2, 0.25) is 0 Å². The SMILES string of the molecule is CCOC(=O)C1CCCN(C(=O)CCc2nnc(-c3ccc(OCc4cccc(F)c4)cc3)[nH]c2=O)C1. The van der Waals surface area contributed by atoms with Crippen molar-refractivity contribution in [2.24, 2.45) is 5.92 Å². The van der Waals surface area contributed by atoms with Crippen molar-refractivity contribution in [3.8, 4) is 17.1 Å². The van der Waals surface area contributed by atoms with Gasteiger partial charge in [-0.05, 0) is 61.7 Å². The molecule has 10 heteroatoms. The van der Waals surface area contributed by atoms with Crippen LogP contribution in [0.1, 0.15) is 37.4 Å². The van der Waals surface area contributed by atoms with Gasteiger partial charge in [0, 0.05) is 31.5 Å². The highest BCUT2D eigenvalue weighted by molar-refractivity contribution is 5.78. The molecule has 1 fully saturated rings. The Balaban J connectivity index is 1.31. The predicted molar refractivity (Wildman–Crippen MR) is 133 cm³/mol. The van der Waals surface area contributed by atoms with Crippen LogP contribution in [0, 0.1) is 11.7 Å². The lowest BCUT2D eigenvalue weighted by Gasteiger charge is -2.31. The van der Waals surface area contributed by atoms with Gasteiger partial charge in [-0.15, -0.1) is 10.2 Å². The summed E-state index contributed by atoms with van der Waals surface area (Å²) in [5.74, 6) is -0.150. The molecule has 1 unspecified atom stereocenters. The monoisotopic (exact) mass is 508 g/mol. The molecule has 9 nitrogen and oxygen atoms in total. The van der Waals surface area contributed by atoms with Gasteiger partial charge in [0.15, 0.2) is 5.82 Å². The second-order valence-corrected chi connectivity index (χ2v) is 8.82. The molecule has 2 heterocycles. The van der Waals surface area contributed by atoms with Crippen LogP contribution in [-0.2, 0) is 27.4 Å². The Morgan fingerprint density at radius 1 is 1.16 bits per heavy atom. The Kier molecular flexibility index (Phi) is 8.60. The van der Waals surface area contributed by atoms with Gasteiger partial charge in [0.1, 0.15) is 23.9 Å². The number of H-pyrrole nitrogens is 1. The van der Waals surface area contributed by atoms with Gasteiger partial charge in [-0.3, -0.25) is 14.4 Å². The van der Waals surface area contributed by atoms with Crippen LogP contribution in [0.15, 0.2) is 53.3 Å². The highest BCUT2D eigenvalue weighted by Crippen LogP contribution is 2.21. The van der Waals surface area contributed by atoms with Crippen molar-refractivity contribution in [1.82, 2.24) is 20.1 Å². The van der Waals surface area contributed by atoms with Gasteiger partial charge in [0.05, 0.1) is 12.5 Å². The summed E-state index contributed by atoms with van der Waals surface area (Å²) in [5.41, 5.74) is 1.12. The first-order valence-corrected chi connectivity index (χ1v) is 12.3. The summed E-state index contributed by atoms with van der Waals surface area (Å²) in [4.78, 5) is 41.6. The summed E-state index contributed by atoms with van der Waals surface area (Å²) in [7, 11) is 0. The molecule has 1 aromatic heterocycles. The van der Waals surface area contributed by atoms with Crippen LogP contribution in [0.4, 0.5) is 4.39 Å². The molecule has 0 spiro atoms. The van der Waals surface area contributed by atoms with E-state index in [1.807, 2.05) is 0 Å². The van der Waals surface area contributed by atoms with Crippen molar-refractivity contribution in [3.63, 3.8) is 0 Å². The number of carbonyl (C=O) groups excluding carboxylic acids is 2. The van der Waals surface area contributed by atoms with Gasteiger partial charge in [-0.25, -0.2) is 4.39 Å². The molecule has 1 aliphatic heterocycles. The van der Waals surface area contributed by atoms with Crippen LogP contribution < -0.4 is 10.3 Å². The van der Waals surface area contributed by atoms with Gasteiger partial charge in [-0.2, -0.15) is 0 Å². The van der Waals surface area contributed by atoms with Crippen molar-refractivity contribution in [1.29, 1.82) is 0 Å². The lowest BCUT2D eigenvalue weighted by atomic mass is 9.98. The maximum Gasteiger partial charge on any atom is 0.310 e. The predicted octanol–water partition coefficient (Wildman–Crippen LogP) is 3.28. The van der Waals surface area contributed by atoms with Crippen LogP contribution in [0.25, 0.3) is 11.4 Å². The van der Waals surface area contributed by atoms with Gasteiger partial charge < -0.3 is 19.4 Å². The normalized spacial score (nSPS) is 15.3. The van der Waals surface area contributed by atoms with Gasteiger partial charge in [-0.1, -0.05) is 12.1 Å². The standard InChI is InChI=1S/C27H29FN4O5/c1-2-36-27(35)20-6-4-14-32(16-20)24(33)13-12-23-26(34)29-25(31-30-23)19-8-10-22(11-9-19)37-17-18-5-3-7-21(28)15-18/h3,5,7-11,15,20H,2,4,6,12-14,16-17H2,1H3,(H,29,31,34). The third-order valence-corrected chi connectivity index (χ3v) is 6.16. The number of ether oxygens (including phenoxy) is 2. The summed E-state index contributed by atoms with van der Waals surface area (Å²) >= 11 is 0. The number of nitrogens with zero attached hydrogens (tertiary/aromatic N) is 3. The molecule has 0 aliphatic carbocycles. The average molecular weight is 509 g/mol. The molecule has 1 atom stereocenters. The maximum atomic E-state index is 13.3. The van der Waals surface area contributed by atoms with Gasteiger partial charge in [0.25, 0.3) is 5.56 Å². The van der Waals surface area contributed by atoms with Crippen LogP contribution >= 0.6 is 0 Å². The first-order chi connectivity index (χ1) is 17.9. The quantitative estimate of drug-likeness (QED) is 0.441. The minimum absolute atomic E-state index is 0.101. The first kappa shape index (κ1) is 26.0. The molecule has 0 bridgehead atoms. The zero-order valence-corrected chi connectivity index (χ0v) is 20.6. The number of aryl methyl sites for hydroxylation is 1. The third kappa shape index (κ3) is 6.99. The van der Waals surface area contributed by atoms with Crippen molar-refractivity contribution in [2.45, 2.75) is 39.2 Å². The number of hydrogen-bond donors (Lipinski definition) is 1. The molecular formula is C27H29FN4O5. The Morgan fingerprint density at radius 3 is 2.70 bits per heavy atom. The number of likely N-dealkylation sites (tertiary alicyclic amines) is 1. The summed E-state index contributed by atoms with van der Waals surface area (Å²) in [6.07, 6.45) is 1.69. The molecular weight excluding hydrogens is 479 g/mol. The van der Waals surface area contributed by atoms with Crippen molar-refractivity contribution in [3.05, 3.63) is 76.0 Å². The number of nitrogens with one attached hydrogen (secondary N) is 1. The number of hydrogen-bond acceptors (Lipinski definition) is 7. The van der Waals surface area contributed by atoms with E-state index in [9.17, 15) is 18.8 Å². The van der Waals surface area contributed by atoms with Crippen LogP contribution in [-0.4, -0.2) is 51.7 Å². The zero-order valence-electron chi connectivity index (χ0n) is 20.6. The smallest absolute Gasteiger partial charge is 0.310 e. The number of carbonyl (C=O) groups is 2. The number of esters is 1. The van der Waals surface area contributed by atoms with E-state index in [4.69, 9.17) is 9.47 Å². The summed E-state index contributed by atoms with van der Waals surface area (Å²) in [5, 5.41) is 8.16. The summed E-state index contributed by atoms with van der Waals surface area (Å²) in [6.45, 7) is 3.21. The Hall–Kier alpha value is -4.08. The fourth-order valence-corrected chi connectivity index (χ4v) is 4.20. The lowest BCUT2D eigenvalue weighted by Crippen LogP contribution is -2.43. The minimum atomic E-state index is -0.410. The molecule has 2 aromatic carbocycles. The Labute approximate surface area is 213 Å². The zero-order chi connectivity index (χ0) is 26.2. The first-order valence-electron chi connectivity index (χ1n) is 12.3. The van der Waals surface area contributed by atoms with E-state index in [1.165, 1.54) is 12.1 Å². The van der Waals surface area contributed by atoms with Crippen molar-refractivity contribution >= 4 is 11.9 Å². The summed E-state index contributed by atoms with van der Waals surface area (Å²) < 4.78 is 24.1. The summed E-state index contributed by atoms with van der Waals surface area (Å²) in [6, 6.07) is 13.1. The van der Waals surface area contributed by atoms with E-state index in [0.29, 0.717) is 48.8 Å².